The summed E-state index contributed by atoms with van der Waals surface area (Å²) >= 11 is 0. The molecule has 6 N–H and O–H groups in total. The molecule has 13 nitrogen and oxygen atoms in total. The van der Waals surface area contributed by atoms with Crippen LogP contribution in [0.15, 0.2) is 48.5 Å². The number of piperidine rings is 1. The van der Waals surface area contributed by atoms with Gasteiger partial charge in [-0.2, -0.15) is 5.10 Å². The average Bonchev–Trinajstić information content (AvgIpc) is 3.31. The summed E-state index contributed by atoms with van der Waals surface area (Å²) in [5, 5.41) is 45.9. The number of carbonyl (C=O) groups is 3. The molecule has 0 bridgehead atoms. The number of nitrogens with two attached hydrogens (primary N) is 1. The van der Waals surface area contributed by atoms with Crippen molar-refractivity contribution in [2.24, 2.45) is 5.73 Å². The first-order chi connectivity index (χ1) is 17.9. The van der Waals surface area contributed by atoms with Crippen LogP contribution in [0.1, 0.15) is 39.4 Å². The fraction of sp³-hybridized carbons (Fsp3) is 0.280. The van der Waals surface area contributed by atoms with E-state index in [4.69, 9.17) is 10.5 Å². The van der Waals surface area contributed by atoms with Gasteiger partial charge < -0.3 is 40.7 Å². The van der Waals surface area contributed by atoms with Crippen molar-refractivity contribution in [3.05, 3.63) is 65.5 Å². The number of primary amides is 1. The zero-order chi connectivity index (χ0) is 27.4. The SMILES string of the molecule is COc1ccc(-n2nc(C(N)=O)c3c2C(=O)N(c2ccc(N4CCCC(O)(O)C4=O)cc2)CC3(O)O)cc1. The Hall–Kier alpha value is -4.30. The molecule has 1 fully saturated rings. The number of β-amino-alcohol motifs (C(OH)–C–C–N with tert-alkyl or cyclic N) is 2. The van der Waals surface area contributed by atoms with Gasteiger partial charge in [0, 0.05) is 24.3 Å². The minimum Gasteiger partial charge on any atom is -0.497 e. The predicted octanol–water partition coefficient (Wildman–Crippen LogP) is -0.415. The van der Waals surface area contributed by atoms with Gasteiger partial charge in [0.05, 0.1) is 24.9 Å². The summed E-state index contributed by atoms with van der Waals surface area (Å²) in [5.41, 5.74) is 5.30. The summed E-state index contributed by atoms with van der Waals surface area (Å²) in [7, 11) is 1.49. The number of ether oxygens (including phenoxy) is 1. The topological polar surface area (TPSA) is 192 Å². The van der Waals surface area contributed by atoms with Gasteiger partial charge in [-0.3, -0.25) is 14.4 Å². The Labute approximate surface area is 215 Å². The van der Waals surface area contributed by atoms with Crippen LogP contribution in [0, 0.1) is 0 Å². The Kier molecular flexibility index (Phi) is 5.95. The third-order valence-electron chi connectivity index (χ3n) is 6.63. The molecule has 0 saturated carbocycles. The molecule has 2 aliphatic rings. The highest BCUT2D eigenvalue weighted by molar-refractivity contribution is 6.10. The van der Waals surface area contributed by atoms with Crippen LogP contribution in [-0.4, -0.2) is 73.9 Å². The third-order valence-corrected chi connectivity index (χ3v) is 6.63. The largest absolute Gasteiger partial charge is 0.497 e. The van der Waals surface area contributed by atoms with E-state index in [2.05, 4.69) is 5.10 Å². The quantitative estimate of drug-likeness (QED) is 0.276. The molecule has 0 spiro atoms. The van der Waals surface area contributed by atoms with Crippen molar-refractivity contribution >= 4 is 29.1 Å². The summed E-state index contributed by atoms with van der Waals surface area (Å²) in [6.45, 7) is -0.355. The molecule has 3 heterocycles. The predicted molar refractivity (Wildman–Crippen MR) is 132 cm³/mol. The van der Waals surface area contributed by atoms with Crippen LogP contribution < -0.4 is 20.3 Å². The number of aliphatic hydroxyl groups is 4. The number of rotatable bonds is 5. The lowest BCUT2D eigenvalue weighted by atomic mass is 9.96. The number of anilines is 2. The van der Waals surface area contributed by atoms with Crippen LogP contribution >= 0.6 is 0 Å². The number of hydrogen-bond acceptors (Lipinski definition) is 9. The van der Waals surface area contributed by atoms with Crippen molar-refractivity contribution in [3.8, 4) is 11.4 Å². The van der Waals surface area contributed by atoms with Gasteiger partial charge >= 0.3 is 0 Å². The van der Waals surface area contributed by atoms with Gasteiger partial charge in [0.2, 0.25) is 11.6 Å². The van der Waals surface area contributed by atoms with Gasteiger partial charge in [0.15, 0.2) is 5.69 Å². The van der Waals surface area contributed by atoms with Crippen molar-refractivity contribution in [3.63, 3.8) is 0 Å². The standard InChI is InChI=1S/C25H25N5O8/c1-38-17-9-7-16(8-10-17)30-20-18(19(27-30)21(26)31)25(36,37)13-29(22(20)32)15-5-3-14(4-6-15)28-12-2-11-24(34,35)23(28)33/h3-10,34-37H,2,11-13H2,1H3,(H2,26,31). The van der Waals surface area contributed by atoms with Gasteiger partial charge in [-0.1, -0.05) is 0 Å². The zero-order valence-electron chi connectivity index (χ0n) is 20.2. The molecule has 1 saturated heterocycles. The second-order valence-electron chi connectivity index (χ2n) is 9.15. The summed E-state index contributed by atoms with van der Waals surface area (Å²) in [4.78, 5) is 40.6. The maximum Gasteiger partial charge on any atom is 0.286 e. The highest BCUT2D eigenvalue weighted by Crippen LogP contribution is 2.37. The number of methoxy groups -OCH3 is 1. The van der Waals surface area contributed by atoms with E-state index < -0.39 is 47.1 Å². The highest BCUT2D eigenvalue weighted by atomic mass is 16.5. The Balaban J connectivity index is 1.55. The highest BCUT2D eigenvalue weighted by Gasteiger charge is 2.48. The molecular weight excluding hydrogens is 498 g/mol. The second kappa shape index (κ2) is 8.92. The first kappa shape index (κ1) is 25.4. The van der Waals surface area contributed by atoms with Gasteiger partial charge in [-0.15, -0.1) is 0 Å². The minimum atomic E-state index is -2.67. The number of benzene rings is 2. The van der Waals surface area contributed by atoms with Crippen molar-refractivity contribution in [2.45, 2.75) is 24.4 Å². The molecule has 2 aromatic carbocycles. The summed E-state index contributed by atoms with van der Waals surface area (Å²) in [6.07, 6.45) is 0.304. The Morgan fingerprint density at radius 1 is 0.921 bits per heavy atom. The fourth-order valence-corrected chi connectivity index (χ4v) is 4.75. The summed E-state index contributed by atoms with van der Waals surface area (Å²) < 4.78 is 6.27. The molecule has 38 heavy (non-hydrogen) atoms. The Bertz CT molecular complexity index is 1430. The van der Waals surface area contributed by atoms with E-state index in [-0.39, 0.29) is 24.3 Å². The molecule has 0 atom stereocenters. The van der Waals surface area contributed by atoms with E-state index in [0.29, 0.717) is 23.5 Å². The molecule has 0 aliphatic carbocycles. The number of nitrogens with zero attached hydrogens (tertiary/aromatic N) is 4. The molecule has 5 rings (SSSR count). The van der Waals surface area contributed by atoms with Gasteiger partial charge in [0.25, 0.3) is 17.7 Å². The average molecular weight is 524 g/mol. The minimum absolute atomic E-state index is 0.0741. The van der Waals surface area contributed by atoms with Crippen LogP contribution in [0.3, 0.4) is 0 Å². The first-order valence-corrected chi connectivity index (χ1v) is 11.7. The van der Waals surface area contributed by atoms with Crippen LogP contribution in [0.2, 0.25) is 0 Å². The van der Waals surface area contributed by atoms with Gasteiger partial charge in [-0.25, -0.2) is 4.68 Å². The number of hydrogen-bond donors (Lipinski definition) is 5. The fourth-order valence-electron chi connectivity index (χ4n) is 4.75. The zero-order valence-corrected chi connectivity index (χ0v) is 20.2. The van der Waals surface area contributed by atoms with Crippen LogP contribution in [-0.2, 0) is 10.6 Å². The number of fused-ring (bicyclic) bond motifs is 1. The van der Waals surface area contributed by atoms with E-state index in [1.165, 1.54) is 36.3 Å². The van der Waals surface area contributed by atoms with Crippen molar-refractivity contribution < 1.29 is 39.5 Å². The lowest BCUT2D eigenvalue weighted by Crippen LogP contribution is -2.53. The first-order valence-electron chi connectivity index (χ1n) is 11.7. The molecule has 0 radical (unpaired) electrons. The molecule has 198 valence electrons. The smallest absolute Gasteiger partial charge is 0.286 e. The third kappa shape index (κ3) is 4.07. The molecule has 13 heteroatoms. The monoisotopic (exact) mass is 523 g/mol. The molecular formula is C25H25N5O8. The van der Waals surface area contributed by atoms with Crippen LogP contribution in [0.5, 0.6) is 5.75 Å². The molecule has 3 aromatic rings. The molecule has 2 aliphatic heterocycles. The molecule has 1 aromatic heterocycles. The van der Waals surface area contributed by atoms with Crippen molar-refractivity contribution in [1.29, 1.82) is 0 Å². The summed E-state index contributed by atoms with van der Waals surface area (Å²) in [6, 6.07) is 12.3. The lowest BCUT2D eigenvalue weighted by Gasteiger charge is -2.36. The second-order valence-corrected chi connectivity index (χ2v) is 9.15. The maximum atomic E-state index is 13.7. The van der Waals surface area contributed by atoms with E-state index in [9.17, 15) is 34.8 Å². The number of carbonyl (C=O) groups excluding carboxylic acids is 3. The van der Waals surface area contributed by atoms with E-state index >= 15 is 0 Å². The Morgan fingerprint density at radius 2 is 1.50 bits per heavy atom. The van der Waals surface area contributed by atoms with Gasteiger partial charge in [0.1, 0.15) is 11.4 Å². The normalized spacial score (nSPS) is 18.3. The Morgan fingerprint density at radius 3 is 2.08 bits per heavy atom. The van der Waals surface area contributed by atoms with E-state index in [1.807, 2.05) is 0 Å². The van der Waals surface area contributed by atoms with Crippen LogP contribution in [0.25, 0.3) is 5.69 Å². The van der Waals surface area contributed by atoms with Gasteiger partial charge in [-0.05, 0) is 55.0 Å². The molecule has 3 amide bonds. The summed E-state index contributed by atoms with van der Waals surface area (Å²) in [5.74, 6) is -7.18. The van der Waals surface area contributed by atoms with E-state index in [0.717, 1.165) is 9.58 Å². The van der Waals surface area contributed by atoms with Crippen LogP contribution in [0.4, 0.5) is 11.4 Å². The van der Waals surface area contributed by atoms with E-state index in [1.54, 1.807) is 24.3 Å². The van der Waals surface area contributed by atoms with Crippen molar-refractivity contribution in [1.82, 2.24) is 9.78 Å². The maximum absolute atomic E-state index is 13.7. The van der Waals surface area contributed by atoms with Crippen molar-refractivity contribution in [2.75, 3.05) is 30.0 Å². The number of aromatic nitrogens is 2. The lowest BCUT2D eigenvalue weighted by molar-refractivity contribution is -0.188. The molecule has 0 unspecified atom stereocenters. The number of amides is 3.